The molecule has 0 spiro atoms. The average molecular weight is 268 g/mol. The van der Waals surface area contributed by atoms with E-state index >= 15 is 0 Å². The van der Waals surface area contributed by atoms with Crippen LogP contribution in [0.25, 0.3) is 0 Å². The molecule has 0 radical (unpaired) electrons. The number of carbonyl (C=O) groups excluding carboxylic acids is 1. The summed E-state index contributed by atoms with van der Waals surface area (Å²) in [5.74, 6) is -1.14. The Morgan fingerprint density at radius 3 is 2.63 bits per heavy atom. The maximum atomic E-state index is 12.0. The number of hydrogen-bond donors (Lipinski definition) is 2. The summed E-state index contributed by atoms with van der Waals surface area (Å²) in [5.41, 5.74) is 0. The molecule has 0 aromatic carbocycles. The molecule has 0 aromatic heterocycles. The third kappa shape index (κ3) is 3.47. The number of carboxylic acids is 1. The summed E-state index contributed by atoms with van der Waals surface area (Å²) in [6.45, 7) is 5.02. The molecule has 1 saturated carbocycles. The van der Waals surface area contributed by atoms with Crippen LogP contribution in [0, 0.1) is 11.8 Å². The first-order chi connectivity index (χ1) is 9.11. The third-order valence-corrected chi connectivity index (χ3v) is 4.57. The molecule has 0 aromatic rings. The van der Waals surface area contributed by atoms with Gasteiger partial charge in [0.25, 0.3) is 0 Å². The van der Waals surface area contributed by atoms with E-state index in [2.05, 4.69) is 17.1 Å². The largest absolute Gasteiger partial charge is 0.481 e. The van der Waals surface area contributed by atoms with Crippen molar-refractivity contribution in [2.75, 3.05) is 19.6 Å². The number of aliphatic carboxylic acids is 1. The maximum Gasteiger partial charge on any atom is 0.306 e. The normalized spacial score (nSPS) is 31.5. The molecule has 2 fully saturated rings. The SMILES string of the molecule is CCN1CCCC1CNC(=O)[C@@H]1CC[C@H](C(=O)O)C1. The summed E-state index contributed by atoms with van der Waals surface area (Å²) in [4.78, 5) is 25.3. The van der Waals surface area contributed by atoms with E-state index < -0.39 is 5.97 Å². The highest BCUT2D eigenvalue weighted by atomic mass is 16.4. The van der Waals surface area contributed by atoms with Gasteiger partial charge in [-0.05, 0) is 45.2 Å². The van der Waals surface area contributed by atoms with Crippen molar-refractivity contribution in [2.45, 2.75) is 45.1 Å². The fourth-order valence-corrected chi connectivity index (χ4v) is 3.35. The van der Waals surface area contributed by atoms with Gasteiger partial charge in [-0.1, -0.05) is 6.92 Å². The van der Waals surface area contributed by atoms with Crippen molar-refractivity contribution >= 4 is 11.9 Å². The zero-order valence-electron chi connectivity index (χ0n) is 11.6. The Labute approximate surface area is 114 Å². The number of likely N-dealkylation sites (tertiary alicyclic amines) is 1. The zero-order chi connectivity index (χ0) is 13.8. The highest BCUT2D eigenvalue weighted by Crippen LogP contribution is 2.31. The number of amides is 1. The molecule has 1 heterocycles. The molecule has 5 nitrogen and oxygen atoms in total. The summed E-state index contributed by atoms with van der Waals surface area (Å²) in [5, 5.41) is 12.0. The molecule has 2 N–H and O–H groups in total. The Balaban J connectivity index is 1.74. The van der Waals surface area contributed by atoms with Gasteiger partial charge in [-0.2, -0.15) is 0 Å². The summed E-state index contributed by atoms with van der Waals surface area (Å²) < 4.78 is 0. The monoisotopic (exact) mass is 268 g/mol. The van der Waals surface area contributed by atoms with Crippen molar-refractivity contribution < 1.29 is 14.7 Å². The van der Waals surface area contributed by atoms with Crippen LogP contribution >= 0.6 is 0 Å². The van der Waals surface area contributed by atoms with Crippen LogP contribution in [0.3, 0.4) is 0 Å². The van der Waals surface area contributed by atoms with E-state index in [0.29, 0.717) is 31.8 Å². The highest BCUT2D eigenvalue weighted by molar-refractivity contribution is 5.80. The van der Waals surface area contributed by atoms with Crippen LogP contribution in [-0.4, -0.2) is 47.6 Å². The van der Waals surface area contributed by atoms with Crippen LogP contribution < -0.4 is 5.32 Å². The number of carboxylic acid groups (broad SMARTS) is 1. The standard InChI is InChI=1S/C14H24N2O3/c1-2-16-7-3-4-12(16)9-15-13(17)10-5-6-11(8-10)14(18)19/h10-12H,2-9H2,1H3,(H,15,17)(H,18,19)/t10-,11+,12?/m1/s1. The lowest BCUT2D eigenvalue weighted by Crippen LogP contribution is -2.41. The van der Waals surface area contributed by atoms with E-state index in [0.717, 1.165) is 19.5 Å². The van der Waals surface area contributed by atoms with Crippen LogP contribution in [0.1, 0.15) is 39.0 Å². The van der Waals surface area contributed by atoms with Gasteiger partial charge in [0.1, 0.15) is 0 Å². The molecular formula is C14H24N2O3. The number of likely N-dealkylation sites (N-methyl/N-ethyl adjacent to an activating group) is 1. The average Bonchev–Trinajstić information content (AvgIpc) is 3.04. The second-order valence-electron chi connectivity index (χ2n) is 5.71. The molecular weight excluding hydrogens is 244 g/mol. The zero-order valence-corrected chi connectivity index (χ0v) is 11.6. The van der Waals surface area contributed by atoms with Crippen molar-refractivity contribution in [3.05, 3.63) is 0 Å². The number of hydrogen-bond acceptors (Lipinski definition) is 3. The van der Waals surface area contributed by atoms with Gasteiger partial charge in [0.15, 0.2) is 0 Å². The first kappa shape index (κ1) is 14.3. The number of carbonyl (C=O) groups is 2. The van der Waals surface area contributed by atoms with E-state index in [4.69, 9.17) is 5.11 Å². The molecule has 2 aliphatic rings. The van der Waals surface area contributed by atoms with Crippen LogP contribution in [-0.2, 0) is 9.59 Å². The van der Waals surface area contributed by atoms with Gasteiger partial charge in [-0.15, -0.1) is 0 Å². The van der Waals surface area contributed by atoms with Gasteiger partial charge < -0.3 is 10.4 Å². The van der Waals surface area contributed by atoms with E-state index in [9.17, 15) is 9.59 Å². The molecule has 1 saturated heterocycles. The third-order valence-electron chi connectivity index (χ3n) is 4.57. The molecule has 19 heavy (non-hydrogen) atoms. The Bertz CT molecular complexity index is 346. The summed E-state index contributed by atoms with van der Waals surface area (Å²) in [6.07, 6.45) is 4.21. The Hall–Kier alpha value is -1.10. The summed E-state index contributed by atoms with van der Waals surface area (Å²) in [7, 11) is 0. The number of nitrogens with zero attached hydrogens (tertiary/aromatic N) is 1. The summed E-state index contributed by atoms with van der Waals surface area (Å²) >= 11 is 0. The molecule has 1 unspecified atom stereocenters. The van der Waals surface area contributed by atoms with Gasteiger partial charge in [-0.25, -0.2) is 0 Å². The predicted molar refractivity (Wildman–Crippen MR) is 71.7 cm³/mol. The molecule has 2 rings (SSSR count). The fraction of sp³-hybridized carbons (Fsp3) is 0.857. The van der Waals surface area contributed by atoms with Gasteiger partial charge in [-0.3, -0.25) is 14.5 Å². The molecule has 5 heteroatoms. The first-order valence-electron chi connectivity index (χ1n) is 7.36. The lowest BCUT2D eigenvalue weighted by atomic mass is 10.0. The second-order valence-corrected chi connectivity index (χ2v) is 5.71. The molecule has 3 atom stereocenters. The van der Waals surface area contributed by atoms with Gasteiger partial charge in [0.2, 0.25) is 5.91 Å². The maximum absolute atomic E-state index is 12.0. The van der Waals surface area contributed by atoms with Crippen molar-refractivity contribution in [2.24, 2.45) is 11.8 Å². The molecule has 1 amide bonds. The number of nitrogens with one attached hydrogen (secondary N) is 1. The lowest BCUT2D eigenvalue weighted by Gasteiger charge is -2.23. The van der Waals surface area contributed by atoms with Crippen molar-refractivity contribution in [1.82, 2.24) is 10.2 Å². The van der Waals surface area contributed by atoms with E-state index in [1.165, 1.54) is 6.42 Å². The molecule has 0 bridgehead atoms. The first-order valence-corrected chi connectivity index (χ1v) is 7.36. The van der Waals surface area contributed by atoms with Gasteiger partial charge in [0.05, 0.1) is 5.92 Å². The van der Waals surface area contributed by atoms with Crippen molar-refractivity contribution in [1.29, 1.82) is 0 Å². The minimum Gasteiger partial charge on any atom is -0.481 e. The van der Waals surface area contributed by atoms with Gasteiger partial charge >= 0.3 is 5.97 Å². The summed E-state index contributed by atoms with van der Waals surface area (Å²) in [6, 6.07) is 0.464. The van der Waals surface area contributed by atoms with Crippen molar-refractivity contribution in [3.8, 4) is 0 Å². The van der Waals surface area contributed by atoms with Crippen molar-refractivity contribution in [3.63, 3.8) is 0 Å². The smallest absolute Gasteiger partial charge is 0.306 e. The lowest BCUT2D eigenvalue weighted by molar-refractivity contribution is -0.141. The second kappa shape index (κ2) is 6.37. The Kier molecular flexibility index (Phi) is 4.80. The minimum absolute atomic E-state index is 0.0479. The van der Waals surface area contributed by atoms with Gasteiger partial charge in [0, 0.05) is 18.5 Å². The number of rotatable bonds is 5. The van der Waals surface area contributed by atoms with Crippen LogP contribution in [0.4, 0.5) is 0 Å². The quantitative estimate of drug-likeness (QED) is 0.783. The Morgan fingerprint density at radius 2 is 2.00 bits per heavy atom. The van der Waals surface area contributed by atoms with E-state index in [-0.39, 0.29) is 17.7 Å². The molecule has 1 aliphatic carbocycles. The Morgan fingerprint density at radius 1 is 1.26 bits per heavy atom. The minimum atomic E-state index is -0.761. The highest BCUT2D eigenvalue weighted by Gasteiger charge is 2.34. The van der Waals surface area contributed by atoms with Crippen LogP contribution in [0.2, 0.25) is 0 Å². The topological polar surface area (TPSA) is 69.6 Å². The predicted octanol–water partition coefficient (Wildman–Crippen LogP) is 1.09. The van der Waals surface area contributed by atoms with E-state index in [1.807, 2.05) is 0 Å². The molecule has 1 aliphatic heterocycles. The molecule has 108 valence electrons. The van der Waals surface area contributed by atoms with E-state index in [1.54, 1.807) is 0 Å². The fourth-order valence-electron chi connectivity index (χ4n) is 3.35. The van der Waals surface area contributed by atoms with Crippen LogP contribution in [0.15, 0.2) is 0 Å². The van der Waals surface area contributed by atoms with Crippen LogP contribution in [0.5, 0.6) is 0 Å².